The van der Waals surface area contributed by atoms with E-state index >= 15 is 0 Å². The summed E-state index contributed by atoms with van der Waals surface area (Å²) in [5.74, 6) is 2.28. The van der Waals surface area contributed by atoms with Crippen molar-refractivity contribution < 1.29 is 14.2 Å². The van der Waals surface area contributed by atoms with Crippen LogP contribution in [-0.4, -0.2) is 21.3 Å². The number of benzene rings is 2. The zero-order valence-corrected chi connectivity index (χ0v) is 13.0. The van der Waals surface area contributed by atoms with Crippen molar-refractivity contribution in [3.8, 4) is 23.0 Å². The van der Waals surface area contributed by atoms with Gasteiger partial charge in [0.1, 0.15) is 0 Å². The number of nitrogens with one attached hydrogen (secondary N) is 1. The maximum atomic E-state index is 6.27. The number of halogens is 1. The van der Waals surface area contributed by atoms with Crippen LogP contribution in [0.1, 0.15) is 5.56 Å². The maximum Gasteiger partial charge on any atom is 0.211 e. The van der Waals surface area contributed by atoms with Crippen molar-refractivity contribution in [2.24, 2.45) is 0 Å². The standard InChI is InChI=1S/C16H18ClNO3/c1-18-10-11-6-4-7-12(17)15(11)21-16-13(19-2)8-5-9-14(16)20-3/h4-9,18H,10H2,1-3H3. The van der Waals surface area contributed by atoms with Crippen LogP contribution in [0.5, 0.6) is 23.0 Å². The van der Waals surface area contributed by atoms with E-state index in [2.05, 4.69) is 5.32 Å². The van der Waals surface area contributed by atoms with Gasteiger partial charge in [-0.25, -0.2) is 0 Å². The summed E-state index contributed by atoms with van der Waals surface area (Å²) in [5, 5.41) is 3.63. The highest BCUT2D eigenvalue weighted by atomic mass is 35.5. The smallest absolute Gasteiger partial charge is 0.211 e. The lowest BCUT2D eigenvalue weighted by Crippen LogP contribution is -2.07. The van der Waals surface area contributed by atoms with Crippen molar-refractivity contribution in [2.45, 2.75) is 6.54 Å². The van der Waals surface area contributed by atoms with E-state index in [1.807, 2.05) is 37.4 Å². The first kappa shape index (κ1) is 15.5. The Morgan fingerprint density at radius 1 is 0.952 bits per heavy atom. The van der Waals surface area contributed by atoms with Crippen molar-refractivity contribution in [3.63, 3.8) is 0 Å². The Morgan fingerprint density at radius 3 is 2.14 bits per heavy atom. The summed E-state index contributed by atoms with van der Waals surface area (Å²) < 4.78 is 16.7. The third-order valence-corrected chi connectivity index (χ3v) is 3.30. The topological polar surface area (TPSA) is 39.7 Å². The van der Waals surface area contributed by atoms with Crippen molar-refractivity contribution in [1.29, 1.82) is 0 Å². The van der Waals surface area contributed by atoms with Crippen LogP contribution in [-0.2, 0) is 6.54 Å². The minimum absolute atomic E-state index is 0.507. The SMILES string of the molecule is CNCc1cccc(Cl)c1Oc1c(OC)cccc1OC. The van der Waals surface area contributed by atoms with E-state index in [-0.39, 0.29) is 0 Å². The average molecular weight is 308 g/mol. The molecule has 2 rings (SSSR count). The lowest BCUT2D eigenvalue weighted by molar-refractivity contribution is 0.345. The van der Waals surface area contributed by atoms with Crippen LogP contribution in [0.25, 0.3) is 0 Å². The third-order valence-electron chi connectivity index (χ3n) is 3.00. The predicted octanol–water partition coefficient (Wildman–Crippen LogP) is 3.87. The first-order chi connectivity index (χ1) is 10.2. The summed E-state index contributed by atoms with van der Waals surface area (Å²) in [6.45, 7) is 0.646. The molecule has 0 aliphatic rings. The largest absolute Gasteiger partial charge is 0.493 e. The molecule has 21 heavy (non-hydrogen) atoms. The Balaban J connectivity index is 2.47. The molecule has 0 aromatic heterocycles. The van der Waals surface area contributed by atoms with Gasteiger partial charge in [0.2, 0.25) is 5.75 Å². The second-order valence-corrected chi connectivity index (χ2v) is 4.76. The first-order valence-corrected chi connectivity index (χ1v) is 6.90. The van der Waals surface area contributed by atoms with Crippen LogP contribution in [0.4, 0.5) is 0 Å². The monoisotopic (exact) mass is 307 g/mol. The van der Waals surface area contributed by atoms with Gasteiger partial charge < -0.3 is 19.5 Å². The molecule has 1 N–H and O–H groups in total. The van der Waals surface area contributed by atoms with Crippen LogP contribution >= 0.6 is 11.6 Å². The van der Waals surface area contributed by atoms with E-state index in [1.54, 1.807) is 20.3 Å². The number of methoxy groups -OCH3 is 2. The highest BCUT2D eigenvalue weighted by molar-refractivity contribution is 6.32. The Labute approximate surface area is 129 Å². The fraction of sp³-hybridized carbons (Fsp3) is 0.250. The average Bonchev–Trinajstić information content (AvgIpc) is 2.50. The molecule has 4 nitrogen and oxygen atoms in total. The van der Waals surface area contributed by atoms with Gasteiger partial charge >= 0.3 is 0 Å². The summed E-state index contributed by atoms with van der Waals surface area (Å²) in [5.41, 5.74) is 0.956. The van der Waals surface area contributed by atoms with Gasteiger partial charge in [0.25, 0.3) is 0 Å². The van der Waals surface area contributed by atoms with Crippen molar-refractivity contribution >= 4 is 11.6 Å². The Hall–Kier alpha value is -1.91. The molecule has 0 unspecified atom stereocenters. The van der Waals surface area contributed by atoms with Crippen LogP contribution in [0, 0.1) is 0 Å². The lowest BCUT2D eigenvalue weighted by atomic mass is 10.2. The second kappa shape index (κ2) is 7.20. The van der Waals surface area contributed by atoms with Crippen LogP contribution < -0.4 is 19.5 Å². The van der Waals surface area contributed by atoms with Gasteiger partial charge in [-0.2, -0.15) is 0 Å². The molecule has 0 heterocycles. The quantitative estimate of drug-likeness (QED) is 0.879. The molecule has 0 spiro atoms. The molecule has 0 atom stereocenters. The van der Waals surface area contributed by atoms with Crippen molar-refractivity contribution in [3.05, 3.63) is 47.0 Å². The van der Waals surface area contributed by atoms with Gasteiger partial charge in [-0.15, -0.1) is 0 Å². The molecule has 0 aliphatic heterocycles. The van der Waals surface area contributed by atoms with E-state index in [0.29, 0.717) is 34.6 Å². The molecule has 2 aromatic rings. The molecule has 5 heteroatoms. The fourth-order valence-electron chi connectivity index (χ4n) is 2.02. The minimum Gasteiger partial charge on any atom is -0.493 e. The maximum absolute atomic E-state index is 6.27. The lowest BCUT2D eigenvalue weighted by Gasteiger charge is -2.17. The van der Waals surface area contributed by atoms with E-state index in [9.17, 15) is 0 Å². The summed E-state index contributed by atoms with van der Waals surface area (Å²) in [6.07, 6.45) is 0. The molecule has 0 aliphatic carbocycles. The van der Waals surface area contributed by atoms with E-state index in [0.717, 1.165) is 5.56 Å². The second-order valence-electron chi connectivity index (χ2n) is 4.35. The third kappa shape index (κ3) is 3.40. The Bertz CT molecular complexity index is 594. The summed E-state index contributed by atoms with van der Waals surface area (Å²) in [7, 11) is 5.04. The van der Waals surface area contributed by atoms with E-state index < -0.39 is 0 Å². The fourth-order valence-corrected chi connectivity index (χ4v) is 2.25. The van der Waals surface area contributed by atoms with E-state index in [4.69, 9.17) is 25.8 Å². The zero-order valence-electron chi connectivity index (χ0n) is 12.3. The van der Waals surface area contributed by atoms with Crippen molar-refractivity contribution in [1.82, 2.24) is 5.32 Å². The first-order valence-electron chi connectivity index (χ1n) is 6.52. The number of para-hydroxylation sites is 2. The van der Waals surface area contributed by atoms with Gasteiger partial charge in [0, 0.05) is 12.1 Å². The molecule has 0 saturated heterocycles. The van der Waals surface area contributed by atoms with Gasteiger partial charge in [-0.05, 0) is 25.2 Å². The highest BCUT2D eigenvalue weighted by Crippen LogP contribution is 2.42. The van der Waals surface area contributed by atoms with Gasteiger partial charge in [0.05, 0.1) is 19.2 Å². The normalized spacial score (nSPS) is 10.3. The van der Waals surface area contributed by atoms with Gasteiger partial charge in [0.15, 0.2) is 17.2 Å². The van der Waals surface area contributed by atoms with Crippen LogP contribution in [0.15, 0.2) is 36.4 Å². The summed E-state index contributed by atoms with van der Waals surface area (Å²) in [4.78, 5) is 0. The van der Waals surface area contributed by atoms with Gasteiger partial charge in [-0.1, -0.05) is 29.8 Å². The molecular weight excluding hydrogens is 290 g/mol. The van der Waals surface area contributed by atoms with Crippen LogP contribution in [0.3, 0.4) is 0 Å². The number of rotatable bonds is 6. The zero-order chi connectivity index (χ0) is 15.2. The number of hydrogen-bond donors (Lipinski definition) is 1. The molecule has 0 saturated carbocycles. The van der Waals surface area contributed by atoms with Crippen molar-refractivity contribution in [2.75, 3.05) is 21.3 Å². The Morgan fingerprint density at radius 2 is 1.57 bits per heavy atom. The summed E-state index contributed by atoms with van der Waals surface area (Å²) in [6, 6.07) is 11.1. The molecule has 0 radical (unpaired) electrons. The summed E-state index contributed by atoms with van der Waals surface area (Å²) >= 11 is 6.27. The van der Waals surface area contributed by atoms with Crippen LogP contribution in [0.2, 0.25) is 5.02 Å². The molecule has 0 amide bonds. The molecular formula is C16H18ClNO3. The van der Waals surface area contributed by atoms with E-state index in [1.165, 1.54) is 0 Å². The Kier molecular flexibility index (Phi) is 5.31. The predicted molar refractivity (Wildman–Crippen MR) is 83.8 cm³/mol. The number of hydrogen-bond acceptors (Lipinski definition) is 4. The van der Waals surface area contributed by atoms with Gasteiger partial charge in [-0.3, -0.25) is 0 Å². The molecule has 0 bridgehead atoms. The molecule has 112 valence electrons. The number of ether oxygens (including phenoxy) is 3. The minimum atomic E-state index is 0.507. The molecule has 2 aromatic carbocycles. The molecule has 0 fully saturated rings. The highest BCUT2D eigenvalue weighted by Gasteiger charge is 2.16.